The molecule has 1 heterocycles. The third kappa shape index (κ3) is 1.24. The maximum Gasteiger partial charge on any atom is 0.248 e. The summed E-state index contributed by atoms with van der Waals surface area (Å²) in [6, 6.07) is 7.49. The van der Waals surface area contributed by atoms with Crippen molar-refractivity contribution in [1.82, 2.24) is 4.98 Å². The zero-order chi connectivity index (χ0) is 9.42. The number of aromatic amines is 1. The van der Waals surface area contributed by atoms with E-state index in [4.69, 9.17) is 0 Å². The first-order chi connectivity index (χ1) is 6.18. The fourth-order valence-corrected chi connectivity index (χ4v) is 1.47. The molecule has 2 heteroatoms. The van der Waals surface area contributed by atoms with Gasteiger partial charge in [-0.15, -0.1) is 0 Å². The molecule has 13 heavy (non-hydrogen) atoms. The zero-order valence-electron chi connectivity index (χ0n) is 7.72. The Morgan fingerprint density at radius 2 is 1.77 bits per heavy atom. The van der Waals surface area contributed by atoms with E-state index in [0.717, 1.165) is 16.5 Å². The number of hydrogen-bond donors (Lipinski definition) is 1. The fraction of sp³-hybridized carbons (Fsp3) is 0.182. The molecule has 2 aromatic rings. The Morgan fingerprint density at radius 3 is 2.54 bits per heavy atom. The van der Waals surface area contributed by atoms with Gasteiger partial charge in [0, 0.05) is 6.07 Å². The van der Waals surface area contributed by atoms with E-state index in [0.29, 0.717) is 0 Å². The van der Waals surface area contributed by atoms with E-state index in [1.165, 1.54) is 5.56 Å². The topological polar surface area (TPSA) is 32.9 Å². The van der Waals surface area contributed by atoms with Crippen molar-refractivity contribution in [1.29, 1.82) is 0 Å². The lowest BCUT2D eigenvalue weighted by atomic mass is 10.1. The van der Waals surface area contributed by atoms with Crippen LogP contribution in [-0.2, 0) is 0 Å². The molecule has 2 rings (SSSR count). The van der Waals surface area contributed by atoms with Gasteiger partial charge in [0.05, 0.1) is 5.52 Å². The summed E-state index contributed by atoms with van der Waals surface area (Å²) in [7, 11) is 0. The predicted octanol–water partition coefficient (Wildman–Crippen LogP) is 2.14. The van der Waals surface area contributed by atoms with Crippen molar-refractivity contribution in [2.75, 3.05) is 0 Å². The first-order valence-electron chi connectivity index (χ1n) is 4.28. The van der Waals surface area contributed by atoms with Gasteiger partial charge in [-0.25, -0.2) is 0 Å². The van der Waals surface area contributed by atoms with Crippen LogP contribution in [0.4, 0.5) is 0 Å². The Hall–Kier alpha value is -1.57. The summed E-state index contributed by atoms with van der Waals surface area (Å²) in [4.78, 5) is 13.9. The molecule has 0 amide bonds. The number of benzene rings is 1. The first-order valence-corrected chi connectivity index (χ1v) is 4.28. The number of pyridine rings is 1. The molecule has 0 spiro atoms. The van der Waals surface area contributed by atoms with Crippen molar-refractivity contribution < 1.29 is 0 Å². The summed E-state index contributed by atoms with van der Waals surface area (Å²) in [5.74, 6) is 0. The molecule has 0 atom stereocenters. The van der Waals surface area contributed by atoms with Crippen LogP contribution in [0.15, 0.2) is 29.1 Å². The van der Waals surface area contributed by atoms with Crippen molar-refractivity contribution in [3.05, 3.63) is 45.7 Å². The second kappa shape index (κ2) is 2.73. The maximum absolute atomic E-state index is 11.1. The molecule has 0 radical (unpaired) electrons. The van der Waals surface area contributed by atoms with Crippen LogP contribution in [0, 0.1) is 13.8 Å². The monoisotopic (exact) mass is 173 g/mol. The number of aryl methyl sites for hydroxylation is 2. The molecule has 0 aliphatic heterocycles. The van der Waals surface area contributed by atoms with Crippen LogP contribution in [-0.4, -0.2) is 4.98 Å². The van der Waals surface area contributed by atoms with Crippen LogP contribution in [0.1, 0.15) is 11.1 Å². The maximum atomic E-state index is 11.1. The highest BCUT2D eigenvalue weighted by Crippen LogP contribution is 2.17. The van der Waals surface area contributed by atoms with E-state index in [1.807, 2.05) is 26.0 Å². The van der Waals surface area contributed by atoms with E-state index >= 15 is 0 Å². The minimum Gasteiger partial charge on any atom is -0.322 e. The van der Waals surface area contributed by atoms with Gasteiger partial charge in [-0.1, -0.05) is 12.1 Å². The SMILES string of the molecule is Cc1ccc2ccc(=O)[nH]c2c1C. The highest BCUT2D eigenvalue weighted by atomic mass is 16.1. The second-order valence-corrected chi connectivity index (χ2v) is 3.29. The van der Waals surface area contributed by atoms with Gasteiger partial charge >= 0.3 is 0 Å². The molecule has 0 bridgehead atoms. The molecule has 0 saturated heterocycles. The first kappa shape index (κ1) is 8.05. The van der Waals surface area contributed by atoms with Gasteiger partial charge in [0.1, 0.15) is 0 Å². The molecular weight excluding hydrogens is 162 g/mol. The summed E-state index contributed by atoms with van der Waals surface area (Å²) in [6.45, 7) is 4.06. The van der Waals surface area contributed by atoms with Gasteiger partial charge in [0.25, 0.3) is 0 Å². The fourth-order valence-electron chi connectivity index (χ4n) is 1.47. The molecule has 1 aromatic carbocycles. The summed E-state index contributed by atoms with van der Waals surface area (Å²) in [5.41, 5.74) is 3.26. The molecular formula is C11H11NO. The summed E-state index contributed by atoms with van der Waals surface area (Å²) >= 11 is 0. The van der Waals surface area contributed by atoms with Gasteiger partial charge in [0.2, 0.25) is 5.56 Å². The summed E-state index contributed by atoms with van der Waals surface area (Å²) < 4.78 is 0. The van der Waals surface area contributed by atoms with Gasteiger partial charge in [-0.2, -0.15) is 0 Å². The third-order valence-corrected chi connectivity index (χ3v) is 2.43. The van der Waals surface area contributed by atoms with Crippen LogP contribution in [0.25, 0.3) is 10.9 Å². The Balaban J connectivity index is 2.97. The lowest BCUT2D eigenvalue weighted by molar-refractivity contribution is 1.26. The Kier molecular flexibility index (Phi) is 1.69. The molecule has 0 aliphatic carbocycles. The van der Waals surface area contributed by atoms with Gasteiger partial charge in [-0.05, 0) is 36.4 Å². The van der Waals surface area contributed by atoms with Crippen molar-refractivity contribution in [2.45, 2.75) is 13.8 Å². The number of nitrogens with one attached hydrogen (secondary N) is 1. The minimum absolute atomic E-state index is 0.0406. The van der Waals surface area contributed by atoms with Gasteiger partial charge < -0.3 is 4.98 Å². The van der Waals surface area contributed by atoms with Crippen molar-refractivity contribution in [3.8, 4) is 0 Å². The summed E-state index contributed by atoms with van der Waals surface area (Å²) in [6.07, 6.45) is 0. The van der Waals surface area contributed by atoms with Crippen LogP contribution >= 0.6 is 0 Å². The molecule has 0 unspecified atom stereocenters. The van der Waals surface area contributed by atoms with E-state index in [2.05, 4.69) is 11.1 Å². The van der Waals surface area contributed by atoms with Gasteiger partial charge in [0.15, 0.2) is 0 Å². The number of fused-ring (bicyclic) bond motifs is 1. The van der Waals surface area contributed by atoms with E-state index in [1.54, 1.807) is 6.07 Å². The molecule has 1 N–H and O–H groups in total. The summed E-state index contributed by atoms with van der Waals surface area (Å²) in [5, 5.41) is 1.09. The number of aromatic nitrogens is 1. The van der Waals surface area contributed by atoms with Crippen molar-refractivity contribution in [3.63, 3.8) is 0 Å². The van der Waals surface area contributed by atoms with E-state index in [9.17, 15) is 4.79 Å². The van der Waals surface area contributed by atoms with Crippen molar-refractivity contribution >= 4 is 10.9 Å². The largest absolute Gasteiger partial charge is 0.322 e. The molecule has 1 aromatic heterocycles. The smallest absolute Gasteiger partial charge is 0.248 e. The quantitative estimate of drug-likeness (QED) is 0.650. The van der Waals surface area contributed by atoms with E-state index < -0.39 is 0 Å². The molecule has 0 saturated carbocycles. The lowest BCUT2D eigenvalue weighted by Gasteiger charge is -2.03. The van der Waals surface area contributed by atoms with Crippen LogP contribution in [0.2, 0.25) is 0 Å². The predicted molar refractivity (Wildman–Crippen MR) is 54.0 cm³/mol. The number of rotatable bonds is 0. The third-order valence-electron chi connectivity index (χ3n) is 2.43. The molecule has 2 nitrogen and oxygen atoms in total. The number of hydrogen-bond acceptors (Lipinski definition) is 1. The van der Waals surface area contributed by atoms with E-state index in [-0.39, 0.29) is 5.56 Å². The lowest BCUT2D eigenvalue weighted by Crippen LogP contribution is -2.03. The van der Waals surface area contributed by atoms with Crippen LogP contribution in [0.3, 0.4) is 0 Å². The Morgan fingerprint density at radius 1 is 1.08 bits per heavy atom. The standard InChI is InChI=1S/C11H11NO/c1-7-3-4-9-5-6-10(13)12-11(9)8(7)2/h3-6H,1-2H3,(H,12,13). The van der Waals surface area contributed by atoms with Crippen LogP contribution < -0.4 is 5.56 Å². The zero-order valence-corrected chi connectivity index (χ0v) is 7.72. The molecule has 0 fully saturated rings. The highest BCUT2D eigenvalue weighted by molar-refractivity contribution is 5.82. The normalized spacial score (nSPS) is 10.6. The Labute approximate surface area is 76.2 Å². The average Bonchev–Trinajstić information content (AvgIpc) is 2.12. The van der Waals surface area contributed by atoms with Gasteiger partial charge in [-0.3, -0.25) is 4.79 Å². The highest BCUT2D eigenvalue weighted by Gasteiger charge is 1.99. The number of H-pyrrole nitrogens is 1. The molecule has 0 aliphatic rings. The molecule has 66 valence electrons. The average molecular weight is 173 g/mol. The Bertz CT molecular complexity index is 511. The second-order valence-electron chi connectivity index (χ2n) is 3.29. The minimum atomic E-state index is -0.0406. The van der Waals surface area contributed by atoms with Crippen LogP contribution in [0.5, 0.6) is 0 Å². The van der Waals surface area contributed by atoms with Crippen molar-refractivity contribution in [2.24, 2.45) is 0 Å².